The van der Waals surface area contributed by atoms with E-state index in [0.717, 1.165) is 13.1 Å². The van der Waals surface area contributed by atoms with Crippen LogP contribution in [0.4, 0.5) is 5.69 Å². The van der Waals surface area contributed by atoms with Crippen molar-refractivity contribution in [2.45, 2.75) is 25.0 Å². The maximum Gasteiger partial charge on any atom is 0.109 e. The van der Waals surface area contributed by atoms with Crippen LogP contribution >= 0.6 is 0 Å². The third kappa shape index (κ3) is 1.31. The number of aryl methyl sites for hydroxylation is 1. The Morgan fingerprint density at radius 3 is 3.12 bits per heavy atom. The first-order valence-electron chi connectivity index (χ1n) is 6.44. The van der Waals surface area contributed by atoms with E-state index in [9.17, 15) is 0 Å². The van der Waals surface area contributed by atoms with Crippen LogP contribution in [0.1, 0.15) is 12.0 Å². The van der Waals surface area contributed by atoms with Crippen molar-refractivity contribution in [1.29, 1.82) is 0 Å². The number of hydrogen-bond donors (Lipinski definition) is 0. The molecule has 3 heterocycles. The summed E-state index contributed by atoms with van der Waals surface area (Å²) in [5.41, 5.74) is 2.71. The van der Waals surface area contributed by atoms with Gasteiger partial charge in [-0.25, -0.2) is 0 Å². The molecule has 4 rings (SSSR count). The van der Waals surface area contributed by atoms with Crippen molar-refractivity contribution in [1.82, 2.24) is 0 Å². The summed E-state index contributed by atoms with van der Waals surface area (Å²) >= 11 is 0. The molecule has 17 heavy (non-hydrogen) atoms. The van der Waals surface area contributed by atoms with Crippen molar-refractivity contribution in [3.05, 3.63) is 42.0 Å². The van der Waals surface area contributed by atoms with Crippen LogP contribution in [0.3, 0.4) is 0 Å². The SMILES string of the molecule is Cc1cccc(N2C[C@H]3C[C@@H]4C=C[C@@]3(C2)O4)c1. The summed E-state index contributed by atoms with van der Waals surface area (Å²) in [6.07, 6.45) is 6.16. The molecule has 3 aliphatic heterocycles. The minimum atomic E-state index is 0.0361. The molecule has 0 unspecified atom stereocenters. The molecule has 0 aromatic heterocycles. The van der Waals surface area contributed by atoms with E-state index in [4.69, 9.17) is 4.74 Å². The topological polar surface area (TPSA) is 12.5 Å². The van der Waals surface area contributed by atoms with E-state index >= 15 is 0 Å². The Morgan fingerprint density at radius 2 is 2.35 bits per heavy atom. The van der Waals surface area contributed by atoms with E-state index in [1.165, 1.54) is 17.7 Å². The quantitative estimate of drug-likeness (QED) is 0.684. The van der Waals surface area contributed by atoms with Gasteiger partial charge in [-0.1, -0.05) is 24.3 Å². The summed E-state index contributed by atoms with van der Waals surface area (Å²) in [7, 11) is 0. The van der Waals surface area contributed by atoms with Gasteiger partial charge in [-0.15, -0.1) is 0 Å². The first kappa shape index (κ1) is 9.72. The summed E-state index contributed by atoms with van der Waals surface area (Å²) in [6.45, 7) is 4.32. The Labute approximate surface area is 102 Å². The molecule has 2 bridgehead atoms. The molecule has 0 aliphatic carbocycles. The number of ether oxygens (including phenoxy) is 1. The third-order valence-electron chi connectivity index (χ3n) is 4.42. The van der Waals surface area contributed by atoms with E-state index in [2.05, 4.69) is 48.2 Å². The van der Waals surface area contributed by atoms with Crippen molar-refractivity contribution in [3.8, 4) is 0 Å². The highest BCUT2D eigenvalue weighted by Gasteiger charge is 2.55. The summed E-state index contributed by atoms with van der Waals surface area (Å²) in [6, 6.07) is 8.78. The van der Waals surface area contributed by atoms with E-state index in [-0.39, 0.29) is 5.60 Å². The molecule has 2 nitrogen and oxygen atoms in total. The zero-order valence-corrected chi connectivity index (χ0v) is 10.1. The lowest BCUT2D eigenvalue weighted by Crippen LogP contribution is -2.33. The maximum atomic E-state index is 6.11. The molecule has 2 saturated heterocycles. The molecule has 1 aromatic rings. The number of hydrogen-bond acceptors (Lipinski definition) is 2. The highest BCUT2D eigenvalue weighted by molar-refractivity contribution is 5.51. The fourth-order valence-electron chi connectivity index (χ4n) is 3.57. The second-order valence-electron chi connectivity index (χ2n) is 5.62. The summed E-state index contributed by atoms with van der Waals surface area (Å²) < 4.78 is 6.11. The van der Waals surface area contributed by atoms with Gasteiger partial charge in [-0.2, -0.15) is 0 Å². The van der Waals surface area contributed by atoms with E-state index < -0.39 is 0 Å². The van der Waals surface area contributed by atoms with Gasteiger partial charge in [-0.3, -0.25) is 0 Å². The molecular formula is C15H17NO. The lowest BCUT2D eigenvalue weighted by molar-refractivity contribution is 0.0351. The predicted molar refractivity (Wildman–Crippen MR) is 68.2 cm³/mol. The average Bonchev–Trinajstić information content (AvgIpc) is 2.94. The Morgan fingerprint density at radius 1 is 1.41 bits per heavy atom. The van der Waals surface area contributed by atoms with Crippen LogP contribution in [-0.2, 0) is 4.74 Å². The van der Waals surface area contributed by atoms with Crippen LogP contribution in [0.5, 0.6) is 0 Å². The molecule has 88 valence electrons. The van der Waals surface area contributed by atoms with Gasteiger partial charge in [0.15, 0.2) is 0 Å². The summed E-state index contributed by atoms with van der Waals surface area (Å²) in [5.74, 6) is 0.693. The number of benzene rings is 1. The fraction of sp³-hybridized carbons (Fsp3) is 0.467. The van der Waals surface area contributed by atoms with Crippen LogP contribution in [0.25, 0.3) is 0 Å². The van der Waals surface area contributed by atoms with Crippen LogP contribution in [0, 0.1) is 12.8 Å². The van der Waals surface area contributed by atoms with Crippen molar-refractivity contribution in [3.63, 3.8) is 0 Å². The minimum absolute atomic E-state index is 0.0361. The highest BCUT2D eigenvalue weighted by atomic mass is 16.5. The summed E-state index contributed by atoms with van der Waals surface area (Å²) in [4.78, 5) is 2.48. The Hall–Kier alpha value is -1.28. The molecule has 0 radical (unpaired) electrons. The van der Waals surface area contributed by atoms with Gasteiger partial charge in [0.05, 0.1) is 12.6 Å². The lowest BCUT2D eigenvalue weighted by Gasteiger charge is -2.23. The molecular weight excluding hydrogens is 210 g/mol. The number of nitrogens with zero attached hydrogens (tertiary/aromatic N) is 1. The van der Waals surface area contributed by atoms with Crippen LogP contribution in [-0.4, -0.2) is 24.8 Å². The monoisotopic (exact) mass is 227 g/mol. The van der Waals surface area contributed by atoms with Gasteiger partial charge in [0.25, 0.3) is 0 Å². The zero-order chi connectivity index (χ0) is 11.5. The molecule has 0 saturated carbocycles. The molecule has 1 aromatic carbocycles. The number of fused-ring (bicyclic) bond motifs is 1. The van der Waals surface area contributed by atoms with Crippen molar-refractivity contribution < 1.29 is 4.74 Å². The predicted octanol–water partition coefficient (Wildman–Crippen LogP) is 2.53. The zero-order valence-electron chi connectivity index (χ0n) is 10.1. The highest BCUT2D eigenvalue weighted by Crippen LogP contribution is 2.48. The Bertz CT molecular complexity index is 495. The van der Waals surface area contributed by atoms with Crippen molar-refractivity contribution in [2.24, 2.45) is 5.92 Å². The second-order valence-corrected chi connectivity index (χ2v) is 5.62. The molecule has 0 N–H and O–H groups in total. The van der Waals surface area contributed by atoms with Gasteiger partial charge >= 0.3 is 0 Å². The van der Waals surface area contributed by atoms with Crippen LogP contribution < -0.4 is 4.90 Å². The first-order valence-corrected chi connectivity index (χ1v) is 6.44. The third-order valence-corrected chi connectivity index (χ3v) is 4.42. The summed E-state index contributed by atoms with van der Waals surface area (Å²) in [5, 5.41) is 0. The van der Waals surface area contributed by atoms with E-state index in [1.807, 2.05) is 0 Å². The second kappa shape index (κ2) is 3.14. The molecule has 1 spiro atoms. The van der Waals surface area contributed by atoms with Gasteiger partial charge in [0.1, 0.15) is 5.60 Å². The average molecular weight is 227 g/mol. The maximum absolute atomic E-state index is 6.11. The standard InChI is InChI=1S/C15H17NO/c1-11-3-2-4-13(7-11)16-9-12-8-14-5-6-15(12,10-16)17-14/h2-7,12,14H,8-10H2,1H3/t12-,14+,15+/m1/s1. The Kier molecular flexibility index (Phi) is 1.79. The van der Waals surface area contributed by atoms with E-state index in [1.54, 1.807) is 0 Å². The number of rotatable bonds is 1. The first-order chi connectivity index (χ1) is 8.25. The van der Waals surface area contributed by atoms with Crippen LogP contribution in [0.2, 0.25) is 0 Å². The Balaban J connectivity index is 1.65. The molecule has 2 heteroatoms. The van der Waals surface area contributed by atoms with Gasteiger partial charge in [0, 0.05) is 18.2 Å². The molecule has 3 atom stereocenters. The smallest absolute Gasteiger partial charge is 0.109 e. The van der Waals surface area contributed by atoms with Crippen LogP contribution in [0.15, 0.2) is 36.4 Å². The number of anilines is 1. The molecule has 0 amide bonds. The fourth-order valence-corrected chi connectivity index (χ4v) is 3.57. The van der Waals surface area contributed by atoms with Crippen molar-refractivity contribution in [2.75, 3.05) is 18.0 Å². The molecule has 3 aliphatic rings. The minimum Gasteiger partial charge on any atom is -0.368 e. The largest absolute Gasteiger partial charge is 0.368 e. The van der Waals surface area contributed by atoms with Crippen molar-refractivity contribution >= 4 is 5.69 Å². The molecule has 2 fully saturated rings. The van der Waals surface area contributed by atoms with Gasteiger partial charge in [-0.05, 0) is 31.0 Å². The van der Waals surface area contributed by atoms with E-state index in [0.29, 0.717) is 12.0 Å². The van der Waals surface area contributed by atoms with Gasteiger partial charge < -0.3 is 9.64 Å². The van der Waals surface area contributed by atoms with Gasteiger partial charge in [0.2, 0.25) is 0 Å². The normalized spacial score (nSPS) is 37.8. The lowest BCUT2D eigenvalue weighted by atomic mass is 9.86.